The molecule has 1 heterocycles. The average molecular weight is 399 g/mol. The number of nitrogens with zero attached hydrogens (tertiary/aromatic N) is 2. The Bertz CT molecular complexity index is 1050. The first-order valence-electron chi connectivity index (χ1n) is 8.18. The first kappa shape index (κ1) is 19.3. The van der Waals surface area contributed by atoms with Gasteiger partial charge in [-0.25, -0.2) is 4.98 Å². The van der Waals surface area contributed by atoms with Crippen molar-refractivity contribution in [1.29, 1.82) is 0 Å². The van der Waals surface area contributed by atoms with Crippen molar-refractivity contribution < 1.29 is 19.2 Å². The predicted molar refractivity (Wildman–Crippen MR) is 106 cm³/mol. The number of thiazole rings is 1. The van der Waals surface area contributed by atoms with Crippen molar-refractivity contribution in [3.8, 4) is 22.8 Å². The van der Waals surface area contributed by atoms with Gasteiger partial charge < -0.3 is 9.47 Å². The summed E-state index contributed by atoms with van der Waals surface area (Å²) in [5.41, 5.74) is 1.43. The lowest BCUT2D eigenvalue weighted by molar-refractivity contribution is -0.385. The first-order valence-corrected chi connectivity index (χ1v) is 9.00. The quantitative estimate of drug-likeness (QED) is 0.490. The number of nitrogens with one attached hydrogen (secondary N) is 1. The van der Waals surface area contributed by atoms with Crippen LogP contribution in [0.2, 0.25) is 0 Å². The highest BCUT2D eigenvalue weighted by Crippen LogP contribution is 2.36. The summed E-state index contributed by atoms with van der Waals surface area (Å²) in [6, 6.07) is 11.4. The third-order valence-corrected chi connectivity index (χ3v) is 4.88. The van der Waals surface area contributed by atoms with Crippen LogP contribution < -0.4 is 14.8 Å². The molecule has 2 aromatic carbocycles. The zero-order chi connectivity index (χ0) is 20.3. The molecule has 0 atom stereocenters. The largest absolute Gasteiger partial charge is 0.497 e. The fraction of sp³-hybridized carbons (Fsp3) is 0.158. The van der Waals surface area contributed by atoms with Crippen molar-refractivity contribution in [2.24, 2.45) is 0 Å². The summed E-state index contributed by atoms with van der Waals surface area (Å²) in [7, 11) is 2.91. The van der Waals surface area contributed by atoms with E-state index in [4.69, 9.17) is 9.47 Å². The standard InChI is InChI=1S/C19H17N3O5S/c1-11-17(12-7-8-16(27-3)15(10-12)22(24)25)20-19(28-11)21-18(23)13-5-4-6-14(9-13)26-2/h4-10H,1-3H3,(H,20,21,23). The van der Waals surface area contributed by atoms with Gasteiger partial charge in [0.05, 0.1) is 24.8 Å². The summed E-state index contributed by atoms with van der Waals surface area (Å²) in [5, 5.41) is 14.4. The molecule has 0 unspecified atom stereocenters. The molecule has 0 bridgehead atoms. The molecule has 0 aliphatic heterocycles. The van der Waals surface area contributed by atoms with Crippen LogP contribution in [-0.4, -0.2) is 30.0 Å². The van der Waals surface area contributed by atoms with E-state index in [1.807, 2.05) is 6.92 Å². The van der Waals surface area contributed by atoms with Crippen molar-refractivity contribution in [3.05, 3.63) is 63.0 Å². The third-order valence-electron chi connectivity index (χ3n) is 4.00. The number of ether oxygens (including phenoxy) is 2. The normalized spacial score (nSPS) is 10.4. The van der Waals surface area contributed by atoms with E-state index < -0.39 is 4.92 Å². The number of hydrogen-bond acceptors (Lipinski definition) is 7. The van der Waals surface area contributed by atoms with Crippen molar-refractivity contribution in [3.63, 3.8) is 0 Å². The van der Waals surface area contributed by atoms with Gasteiger partial charge in [-0.15, -0.1) is 11.3 Å². The Kier molecular flexibility index (Phi) is 5.55. The minimum atomic E-state index is -0.504. The lowest BCUT2D eigenvalue weighted by atomic mass is 10.1. The summed E-state index contributed by atoms with van der Waals surface area (Å²) >= 11 is 1.29. The molecule has 1 amide bonds. The molecule has 9 heteroatoms. The molecule has 0 saturated heterocycles. The molecule has 1 N–H and O–H groups in total. The highest BCUT2D eigenvalue weighted by molar-refractivity contribution is 7.16. The Morgan fingerprint density at radius 1 is 1.18 bits per heavy atom. The molecule has 8 nitrogen and oxygen atoms in total. The van der Waals surface area contributed by atoms with E-state index in [9.17, 15) is 14.9 Å². The van der Waals surface area contributed by atoms with Crippen LogP contribution in [0, 0.1) is 17.0 Å². The van der Waals surface area contributed by atoms with Gasteiger partial charge in [-0.3, -0.25) is 20.2 Å². The smallest absolute Gasteiger partial charge is 0.311 e. The van der Waals surface area contributed by atoms with Gasteiger partial charge in [0.2, 0.25) is 0 Å². The maximum Gasteiger partial charge on any atom is 0.311 e. The minimum Gasteiger partial charge on any atom is -0.497 e. The van der Waals surface area contributed by atoms with Gasteiger partial charge in [0.25, 0.3) is 5.91 Å². The van der Waals surface area contributed by atoms with E-state index in [1.54, 1.807) is 30.3 Å². The summed E-state index contributed by atoms with van der Waals surface area (Å²) < 4.78 is 10.2. The Labute approximate surface area is 164 Å². The molecule has 0 spiro atoms. The monoisotopic (exact) mass is 399 g/mol. The number of hydrogen-bond donors (Lipinski definition) is 1. The summed E-state index contributed by atoms with van der Waals surface area (Å²) in [5.74, 6) is 0.433. The lowest BCUT2D eigenvalue weighted by Crippen LogP contribution is -2.11. The number of benzene rings is 2. The van der Waals surface area contributed by atoms with E-state index in [0.717, 1.165) is 4.88 Å². The highest BCUT2D eigenvalue weighted by Gasteiger charge is 2.19. The molecule has 3 aromatic rings. The molecule has 0 saturated carbocycles. The molecule has 28 heavy (non-hydrogen) atoms. The van der Waals surface area contributed by atoms with Crippen LogP contribution in [-0.2, 0) is 0 Å². The Morgan fingerprint density at radius 2 is 1.96 bits per heavy atom. The average Bonchev–Trinajstić information content (AvgIpc) is 3.07. The van der Waals surface area contributed by atoms with E-state index in [0.29, 0.717) is 27.7 Å². The van der Waals surface area contributed by atoms with Gasteiger partial charge in [0.15, 0.2) is 10.9 Å². The van der Waals surface area contributed by atoms with Crippen molar-refractivity contribution in [2.45, 2.75) is 6.92 Å². The summed E-state index contributed by atoms with van der Waals surface area (Å²) in [6.45, 7) is 1.84. The fourth-order valence-corrected chi connectivity index (χ4v) is 3.46. The van der Waals surface area contributed by atoms with Crippen LogP contribution in [0.4, 0.5) is 10.8 Å². The number of carbonyl (C=O) groups is 1. The number of anilines is 1. The van der Waals surface area contributed by atoms with Crippen LogP contribution in [0.3, 0.4) is 0 Å². The van der Waals surface area contributed by atoms with Gasteiger partial charge in [-0.2, -0.15) is 0 Å². The highest BCUT2D eigenvalue weighted by atomic mass is 32.1. The minimum absolute atomic E-state index is 0.144. The molecule has 0 aliphatic rings. The topological polar surface area (TPSA) is 104 Å². The van der Waals surface area contributed by atoms with Crippen LogP contribution in [0.1, 0.15) is 15.2 Å². The number of aromatic nitrogens is 1. The van der Waals surface area contributed by atoms with E-state index in [-0.39, 0.29) is 17.3 Å². The third kappa shape index (κ3) is 3.94. The second-order valence-electron chi connectivity index (χ2n) is 5.75. The van der Waals surface area contributed by atoms with Crippen molar-refractivity contribution in [2.75, 3.05) is 19.5 Å². The zero-order valence-electron chi connectivity index (χ0n) is 15.4. The molecule has 0 fully saturated rings. The number of aryl methyl sites for hydroxylation is 1. The van der Waals surface area contributed by atoms with E-state index >= 15 is 0 Å². The number of methoxy groups -OCH3 is 2. The second kappa shape index (κ2) is 8.05. The number of carbonyl (C=O) groups excluding carboxylic acids is 1. The molecule has 0 aliphatic carbocycles. The summed E-state index contributed by atoms with van der Waals surface area (Å²) in [6.07, 6.45) is 0. The molecule has 3 rings (SSSR count). The predicted octanol–water partition coefficient (Wildman–Crippen LogP) is 4.30. The molecule has 0 radical (unpaired) electrons. The van der Waals surface area contributed by atoms with Crippen molar-refractivity contribution >= 4 is 28.1 Å². The second-order valence-corrected chi connectivity index (χ2v) is 6.96. The van der Waals surface area contributed by atoms with Gasteiger partial charge in [-0.1, -0.05) is 6.07 Å². The summed E-state index contributed by atoms with van der Waals surface area (Å²) in [4.78, 5) is 28.5. The Balaban J connectivity index is 1.88. The SMILES string of the molecule is COc1cccc(C(=O)Nc2nc(-c3ccc(OC)c([N+](=O)[O-])c3)c(C)s2)c1. The molecular formula is C19H17N3O5S. The fourth-order valence-electron chi connectivity index (χ4n) is 2.63. The van der Waals surface area contributed by atoms with E-state index in [1.165, 1.54) is 37.7 Å². The number of nitro benzene ring substituents is 1. The van der Waals surface area contributed by atoms with Gasteiger partial charge >= 0.3 is 5.69 Å². The molecule has 1 aromatic heterocycles. The van der Waals surface area contributed by atoms with Gasteiger partial charge in [0.1, 0.15) is 5.75 Å². The lowest BCUT2D eigenvalue weighted by Gasteiger charge is -2.05. The van der Waals surface area contributed by atoms with E-state index in [2.05, 4.69) is 10.3 Å². The zero-order valence-corrected chi connectivity index (χ0v) is 16.2. The van der Waals surface area contributed by atoms with Crippen LogP contribution in [0.25, 0.3) is 11.3 Å². The van der Waals surface area contributed by atoms with Crippen LogP contribution in [0.15, 0.2) is 42.5 Å². The van der Waals surface area contributed by atoms with Crippen molar-refractivity contribution in [1.82, 2.24) is 4.98 Å². The maximum atomic E-state index is 12.5. The first-order chi connectivity index (χ1) is 13.4. The molecule has 144 valence electrons. The number of rotatable bonds is 6. The Morgan fingerprint density at radius 3 is 2.64 bits per heavy atom. The number of nitro groups is 1. The van der Waals surface area contributed by atoms with Crippen LogP contribution in [0.5, 0.6) is 11.5 Å². The Hall–Kier alpha value is -3.46. The molecular weight excluding hydrogens is 382 g/mol. The van der Waals surface area contributed by atoms with Gasteiger partial charge in [-0.05, 0) is 37.3 Å². The number of amides is 1. The van der Waals surface area contributed by atoms with Gasteiger partial charge in [0, 0.05) is 22.1 Å². The maximum absolute atomic E-state index is 12.5. The van der Waals surface area contributed by atoms with Crippen LogP contribution >= 0.6 is 11.3 Å².